The highest BCUT2D eigenvalue weighted by Crippen LogP contribution is 2.59. The van der Waals surface area contributed by atoms with Crippen molar-refractivity contribution < 1.29 is 37.7 Å². The van der Waals surface area contributed by atoms with Crippen LogP contribution in [0.3, 0.4) is 0 Å². The third kappa shape index (κ3) is 11.4. The van der Waals surface area contributed by atoms with Crippen LogP contribution in [-0.4, -0.2) is 139 Å². The van der Waals surface area contributed by atoms with Crippen LogP contribution >= 0.6 is 30.6 Å². The Balaban J connectivity index is 1.23. The first-order valence-corrected chi connectivity index (χ1v) is 26.5. The minimum Gasteiger partial charge on any atom is -0.497 e. The first kappa shape index (κ1) is 50.3. The van der Waals surface area contributed by atoms with Gasteiger partial charge in [-0.3, -0.25) is 23.8 Å². The summed E-state index contributed by atoms with van der Waals surface area (Å²) < 4.78 is 49.9. The van der Waals surface area contributed by atoms with Crippen molar-refractivity contribution in [2.75, 3.05) is 86.4 Å². The lowest BCUT2D eigenvalue weighted by Crippen LogP contribution is -2.51. The van der Waals surface area contributed by atoms with Crippen LogP contribution < -0.4 is 15.0 Å². The van der Waals surface area contributed by atoms with Gasteiger partial charge in [-0.25, -0.2) is 9.98 Å². The lowest BCUT2D eigenvalue weighted by molar-refractivity contribution is -0.157. The summed E-state index contributed by atoms with van der Waals surface area (Å²) in [6.45, 7) is 2.06. The molecule has 364 valence electrons. The molecule has 0 radical (unpaired) electrons. The van der Waals surface area contributed by atoms with E-state index in [-0.39, 0.29) is 48.7 Å². The lowest BCUT2D eigenvalue weighted by atomic mass is 9.80. The number of imidazole rings is 1. The quantitative estimate of drug-likeness (QED) is 0.0215. The van der Waals surface area contributed by atoms with Gasteiger partial charge in [-0.15, -0.1) is 0 Å². The van der Waals surface area contributed by atoms with Crippen molar-refractivity contribution in [1.29, 1.82) is 0 Å². The molecule has 0 bridgehead atoms. The van der Waals surface area contributed by atoms with Gasteiger partial charge in [-0.05, 0) is 53.8 Å². The number of fused-ring (bicyclic) bond motifs is 1. The van der Waals surface area contributed by atoms with E-state index < -0.39 is 36.6 Å². The number of carbonyl (C=O) groups excluding carboxylic acids is 1. The number of nitrogens with one attached hydrogen (secondary N) is 1. The third-order valence-electron chi connectivity index (χ3n) is 11.8. The molecule has 4 aromatic carbocycles. The molecule has 2 aliphatic rings. The van der Waals surface area contributed by atoms with E-state index in [1.807, 2.05) is 111 Å². The molecule has 0 amide bonds. The molecular weight excluding hydrogens is 938 g/mol. The number of aromatic amines is 1. The number of thioether (sulfide) groups is 1. The molecule has 2 aliphatic heterocycles. The molecule has 0 saturated carbocycles. The molecule has 2 aromatic heterocycles. The molecule has 1 N–H and O–H groups in total. The standard InChI is InChI=1S/C50H58N7O9PS2/c1-55(2)34-52-48-53-45-43(46(58)54-48)51-35-57(45)49(64-29-28-60-3)33-63-42(44(49)66-67(56-26-12-13-27-56)69-31-30-68-47(59)36-14-8-6-9-15-36)32-65-50(37-16-10-7-11-17-37,38-18-22-40(61-4)23-19-38)39-20-24-41(62-5)25-21-39/h6-11,14-25,34-35,42,44H,12-13,26-33H2,1-5H3,(H,53,54,58)/b52-34+/t42-,44?,49?,67?/m1/s1. The van der Waals surface area contributed by atoms with E-state index >= 15 is 0 Å². The van der Waals surface area contributed by atoms with Gasteiger partial charge < -0.3 is 37.8 Å². The zero-order valence-electron chi connectivity index (χ0n) is 39.4. The van der Waals surface area contributed by atoms with Gasteiger partial charge in [0.15, 0.2) is 18.7 Å². The van der Waals surface area contributed by atoms with E-state index in [1.54, 1.807) is 54.8 Å². The van der Waals surface area contributed by atoms with Crippen molar-refractivity contribution in [3.05, 3.63) is 148 Å². The summed E-state index contributed by atoms with van der Waals surface area (Å²) in [6.07, 6.45) is 3.52. The maximum absolute atomic E-state index is 13.7. The third-order valence-corrected chi connectivity index (χ3v) is 17.0. The summed E-state index contributed by atoms with van der Waals surface area (Å²) in [5, 5.41) is 0.0222. The lowest BCUT2D eigenvalue weighted by Gasteiger charge is -2.40. The van der Waals surface area contributed by atoms with E-state index in [0.29, 0.717) is 28.6 Å². The number of hydrogen-bond donors (Lipinski definition) is 1. The van der Waals surface area contributed by atoms with Gasteiger partial charge >= 0.3 is 0 Å². The predicted molar refractivity (Wildman–Crippen MR) is 272 cm³/mol. The van der Waals surface area contributed by atoms with Gasteiger partial charge in [0, 0.05) is 51.4 Å². The van der Waals surface area contributed by atoms with Crippen LogP contribution in [0, 0.1) is 0 Å². The molecule has 4 atom stereocenters. The van der Waals surface area contributed by atoms with Crippen LogP contribution in [0.2, 0.25) is 0 Å². The Bertz CT molecular complexity index is 2630. The van der Waals surface area contributed by atoms with Crippen LogP contribution in [0.25, 0.3) is 11.2 Å². The van der Waals surface area contributed by atoms with Gasteiger partial charge in [-0.2, -0.15) is 4.98 Å². The smallest absolute Gasteiger partial charge is 0.280 e. The van der Waals surface area contributed by atoms with Gasteiger partial charge in [-0.1, -0.05) is 108 Å². The Morgan fingerprint density at radius 3 is 2.16 bits per heavy atom. The summed E-state index contributed by atoms with van der Waals surface area (Å²) in [5.74, 6) is 2.72. The average molecular weight is 996 g/mol. The van der Waals surface area contributed by atoms with E-state index in [2.05, 4.69) is 31.8 Å². The fraction of sp³-hybridized carbons (Fsp3) is 0.380. The number of rotatable bonds is 23. The molecule has 8 rings (SSSR count). The summed E-state index contributed by atoms with van der Waals surface area (Å²) in [6, 6.07) is 35.1. The number of benzene rings is 4. The van der Waals surface area contributed by atoms with Gasteiger partial charge in [0.25, 0.3) is 5.56 Å². The molecule has 19 heteroatoms. The Hall–Kier alpha value is -5.14. The summed E-state index contributed by atoms with van der Waals surface area (Å²) in [5.41, 5.74) is 0.510. The fourth-order valence-electron chi connectivity index (χ4n) is 8.41. The number of H-pyrrole nitrogens is 1. The number of aromatic nitrogens is 4. The second-order valence-electron chi connectivity index (χ2n) is 16.5. The normalized spacial score (nSPS) is 19.1. The Morgan fingerprint density at radius 2 is 1.54 bits per heavy atom. The molecule has 0 spiro atoms. The highest BCUT2D eigenvalue weighted by atomic mass is 32.7. The zero-order valence-corrected chi connectivity index (χ0v) is 41.9. The summed E-state index contributed by atoms with van der Waals surface area (Å²) in [7, 11) is 7.16. The van der Waals surface area contributed by atoms with Gasteiger partial charge in [0.05, 0.1) is 53.3 Å². The van der Waals surface area contributed by atoms with Gasteiger partial charge in [0.1, 0.15) is 29.3 Å². The number of aliphatic imine (C=N–C) groups is 1. The minimum atomic E-state index is -1.45. The molecular formula is C50H58N7O9PS2. The second kappa shape index (κ2) is 23.6. The van der Waals surface area contributed by atoms with E-state index in [0.717, 1.165) is 42.6 Å². The number of hydrogen-bond acceptors (Lipinski definition) is 15. The van der Waals surface area contributed by atoms with E-state index in [4.69, 9.17) is 37.9 Å². The van der Waals surface area contributed by atoms with E-state index in [9.17, 15) is 9.59 Å². The van der Waals surface area contributed by atoms with Crippen LogP contribution in [-0.2, 0) is 34.8 Å². The highest BCUT2D eigenvalue weighted by molar-refractivity contribution is 8.53. The van der Waals surface area contributed by atoms with Crippen molar-refractivity contribution in [3.8, 4) is 11.5 Å². The van der Waals surface area contributed by atoms with Crippen molar-refractivity contribution in [1.82, 2.24) is 29.1 Å². The largest absolute Gasteiger partial charge is 0.497 e. The zero-order chi connectivity index (χ0) is 48.2. The van der Waals surface area contributed by atoms with Crippen LogP contribution in [0.15, 0.2) is 125 Å². The van der Waals surface area contributed by atoms with Crippen molar-refractivity contribution in [2.24, 2.45) is 4.99 Å². The van der Waals surface area contributed by atoms with Crippen molar-refractivity contribution in [3.63, 3.8) is 0 Å². The van der Waals surface area contributed by atoms with Crippen molar-refractivity contribution in [2.45, 2.75) is 36.4 Å². The Labute approximate surface area is 411 Å². The van der Waals surface area contributed by atoms with E-state index in [1.165, 1.54) is 11.8 Å². The van der Waals surface area contributed by atoms with Crippen LogP contribution in [0.4, 0.5) is 5.95 Å². The molecule has 4 heterocycles. The molecule has 2 fully saturated rings. The maximum atomic E-state index is 13.7. The van der Waals surface area contributed by atoms with Crippen LogP contribution in [0.1, 0.15) is 39.9 Å². The number of ether oxygens (including phenoxy) is 6. The molecule has 6 aromatic rings. The summed E-state index contributed by atoms with van der Waals surface area (Å²) in [4.78, 5) is 45.2. The highest BCUT2D eigenvalue weighted by Gasteiger charge is 2.57. The molecule has 2 saturated heterocycles. The monoisotopic (exact) mass is 995 g/mol. The number of carbonyl (C=O) groups is 1. The Morgan fingerprint density at radius 1 is 0.899 bits per heavy atom. The second-order valence-corrected chi connectivity index (χ2v) is 21.2. The summed E-state index contributed by atoms with van der Waals surface area (Å²) >= 11 is 2.98. The SMILES string of the molecule is COCCOC1(n2cnc3c(=O)[nH]c(/N=C/N(C)C)nc32)CO[C@H](COC(c2ccccc2)(c2ccc(OC)cc2)c2ccc(OC)cc2)C1OP(SCCSC(=O)c1ccccc1)N1CCCC1. The molecule has 0 aliphatic carbocycles. The van der Waals surface area contributed by atoms with Crippen LogP contribution in [0.5, 0.6) is 11.5 Å². The predicted octanol–water partition coefficient (Wildman–Crippen LogP) is 8.10. The minimum absolute atomic E-state index is 0.0152. The first-order valence-electron chi connectivity index (χ1n) is 22.7. The van der Waals surface area contributed by atoms with Gasteiger partial charge in [0.2, 0.25) is 16.8 Å². The number of nitrogens with zero attached hydrogens (tertiary/aromatic N) is 6. The number of methoxy groups -OCH3 is 3. The molecule has 3 unspecified atom stereocenters. The van der Waals surface area contributed by atoms with Crippen molar-refractivity contribution >= 4 is 59.2 Å². The average Bonchev–Trinajstić information content (AvgIpc) is 4.16. The molecule has 16 nitrogen and oxygen atoms in total. The topological polar surface area (TPSA) is 164 Å². The Kier molecular flexibility index (Phi) is 17.2. The fourth-order valence-corrected chi connectivity index (χ4v) is 13.7. The first-order chi connectivity index (χ1) is 33.7. The molecule has 69 heavy (non-hydrogen) atoms. The maximum Gasteiger partial charge on any atom is 0.280 e.